The lowest BCUT2D eigenvalue weighted by Gasteiger charge is -2.22. The third kappa shape index (κ3) is 2.81. The van der Waals surface area contributed by atoms with Crippen LogP contribution in [0.3, 0.4) is 0 Å². The summed E-state index contributed by atoms with van der Waals surface area (Å²) in [4.78, 5) is 22.5. The predicted molar refractivity (Wildman–Crippen MR) is 69.3 cm³/mol. The minimum atomic E-state index is -1.66. The normalized spacial score (nSPS) is 13.7. The molecule has 0 radical (unpaired) electrons. The van der Waals surface area contributed by atoms with Crippen molar-refractivity contribution in [2.45, 2.75) is 13.3 Å². The lowest BCUT2D eigenvalue weighted by atomic mass is 9.82. The third-order valence-electron chi connectivity index (χ3n) is 2.80. The highest BCUT2D eigenvalue weighted by molar-refractivity contribution is 9.10. The molecule has 0 heterocycles. The number of benzene rings is 1. The number of hydrogen-bond donors (Lipinski definition) is 2. The van der Waals surface area contributed by atoms with Crippen LogP contribution in [0.1, 0.15) is 12.5 Å². The van der Waals surface area contributed by atoms with Gasteiger partial charge in [-0.1, -0.05) is 15.9 Å². The van der Waals surface area contributed by atoms with Gasteiger partial charge in [-0.15, -0.1) is 0 Å². The maximum atomic E-state index is 11.3. The molecule has 1 atom stereocenters. The highest BCUT2D eigenvalue weighted by atomic mass is 79.9. The van der Waals surface area contributed by atoms with E-state index in [0.717, 1.165) is 4.47 Å². The lowest BCUT2D eigenvalue weighted by molar-refractivity contribution is -0.153. The number of amides is 1. The van der Waals surface area contributed by atoms with E-state index in [1.54, 1.807) is 18.2 Å². The topological polar surface area (TPSA) is 89.6 Å². The molecule has 0 aromatic heterocycles. The van der Waals surface area contributed by atoms with Gasteiger partial charge >= 0.3 is 5.97 Å². The minimum absolute atomic E-state index is 0.0275. The zero-order valence-corrected chi connectivity index (χ0v) is 11.7. The Bertz CT molecular complexity index is 473. The Labute approximate surface area is 113 Å². The van der Waals surface area contributed by atoms with Crippen LogP contribution in [0.2, 0.25) is 0 Å². The quantitative estimate of drug-likeness (QED) is 0.807. The maximum Gasteiger partial charge on any atom is 0.319 e. The van der Waals surface area contributed by atoms with E-state index in [1.807, 2.05) is 0 Å². The molecular weight excluding hydrogens is 302 g/mol. The van der Waals surface area contributed by atoms with E-state index in [1.165, 1.54) is 14.0 Å². The van der Waals surface area contributed by atoms with Gasteiger partial charge < -0.3 is 15.6 Å². The van der Waals surface area contributed by atoms with Crippen LogP contribution < -0.4 is 10.5 Å². The van der Waals surface area contributed by atoms with Gasteiger partial charge in [0.05, 0.1) is 7.11 Å². The minimum Gasteiger partial charge on any atom is -0.496 e. The number of hydrogen-bond acceptors (Lipinski definition) is 3. The number of carbonyl (C=O) groups is 2. The number of aliphatic carboxylic acids is 1. The number of carboxylic acids is 1. The number of halogens is 1. The van der Waals surface area contributed by atoms with Crippen molar-refractivity contribution >= 4 is 27.8 Å². The molecular formula is C12H14BrNO4. The summed E-state index contributed by atoms with van der Waals surface area (Å²) in [6, 6.07) is 5.18. The van der Waals surface area contributed by atoms with Crippen molar-refractivity contribution in [1.29, 1.82) is 0 Å². The Morgan fingerprint density at radius 2 is 2.11 bits per heavy atom. The van der Waals surface area contributed by atoms with E-state index in [2.05, 4.69) is 15.9 Å². The molecule has 0 aliphatic carbocycles. The van der Waals surface area contributed by atoms with Crippen LogP contribution in [0, 0.1) is 5.41 Å². The Morgan fingerprint density at radius 3 is 2.56 bits per heavy atom. The molecule has 0 aliphatic rings. The first kappa shape index (κ1) is 14.5. The van der Waals surface area contributed by atoms with Gasteiger partial charge in [0.1, 0.15) is 11.2 Å². The van der Waals surface area contributed by atoms with Crippen LogP contribution in [0.25, 0.3) is 0 Å². The molecule has 3 N–H and O–H groups in total. The second-order valence-corrected chi connectivity index (χ2v) is 5.05. The van der Waals surface area contributed by atoms with Crippen molar-refractivity contribution in [3.8, 4) is 5.75 Å². The molecule has 18 heavy (non-hydrogen) atoms. The van der Waals surface area contributed by atoms with E-state index in [-0.39, 0.29) is 6.42 Å². The Balaban J connectivity index is 3.20. The maximum absolute atomic E-state index is 11.3. The fourth-order valence-corrected chi connectivity index (χ4v) is 1.94. The van der Waals surface area contributed by atoms with Gasteiger partial charge in [-0.25, -0.2) is 0 Å². The van der Waals surface area contributed by atoms with Crippen LogP contribution in [-0.2, 0) is 16.0 Å². The summed E-state index contributed by atoms with van der Waals surface area (Å²) in [5.74, 6) is -1.61. The van der Waals surface area contributed by atoms with Gasteiger partial charge in [0.25, 0.3) is 0 Å². The van der Waals surface area contributed by atoms with Gasteiger partial charge in [-0.3, -0.25) is 9.59 Å². The number of nitrogens with two attached hydrogens (primary N) is 1. The summed E-state index contributed by atoms with van der Waals surface area (Å²) in [6.45, 7) is 1.30. The van der Waals surface area contributed by atoms with Crippen molar-refractivity contribution < 1.29 is 19.4 Å². The first-order valence-electron chi connectivity index (χ1n) is 5.17. The van der Waals surface area contributed by atoms with Gasteiger partial charge in [0.15, 0.2) is 0 Å². The van der Waals surface area contributed by atoms with Crippen LogP contribution >= 0.6 is 15.9 Å². The molecule has 0 fully saturated rings. The highest BCUT2D eigenvalue weighted by Gasteiger charge is 2.40. The Kier molecular flexibility index (Phi) is 4.34. The molecule has 0 aliphatic heterocycles. The number of rotatable bonds is 5. The second-order valence-electron chi connectivity index (χ2n) is 4.13. The van der Waals surface area contributed by atoms with Crippen LogP contribution in [0.15, 0.2) is 22.7 Å². The van der Waals surface area contributed by atoms with Crippen LogP contribution in [-0.4, -0.2) is 24.1 Å². The zero-order chi connectivity index (χ0) is 13.9. The molecule has 1 rings (SSSR count). The molecule has 0 saturated heterocycles. The standard InChI is InChI=1S/C12H14BrNO4/c1-12(10(14)15,11(16)17)6-7-5-8(13)3-4-9(7)18-2/h3-5H,6H2,1-2H3,(H2,14,15)(H,16,17). The molecule has 0 saturated carbocycles. The molecule has 1 unspecified atom stereocenters. The molecule has 0 bridgehead atoms. The van der Waals surface area contributed by atoms with Gasteiger partial charge in [-0.2, -0.15) is 0 Å². The number of carboxylic acid groups (broad SMARTS) is 1. The van der Waals surface area contributed by atoms with Crippen LogP contribution in [0.5, 0.6) is 5.75 Å². The van der Waals surface area contributed by atoms with Crippen molar-refractivity contribution in [3.63, 3.8) is 0 Å². The number of ether oxygens (including phenoxy) is 1. The fraction of sp³-hybridized carbons (Fsp3) is 0.333. The van der Waals surface area contributed by atoms with Crippen molar-refractivity contribution in [1.82, 2.24) is 0 Å². The second kappa shape index (κ2) is 5.39. The Morgan fingerprint density at radius 1 is 1.50 bits per heavy atom. The van der Waals surface area contributed by atoms with E-state index < -0.39 is 17.3 Å². The average Bonchev–Trinajstić information content (AvgIpc) is 2.28. The Hall–Kier alpha value is -1.56. The average molecular weight is 316 g/mol. The van der Waals surface area contributed by atoms with E-state index in [0.29, 0.717) is 11.3 Å². The summed E-state index contributed by atoms with van der Waals surface area (Å²) >= 11 is 3.29. The van der Waals surface area contributed by atoms with Gasteiger partial charge in [-0.05, 0) is 30.7 Å². The fourth-order valence-electron chi connectivity index (χ4n) is 1.53. The summed E-state index contributed by atoms with van der Waals surface area (Å²) in [5.41, 5.74) is 4.13. The van der Waals surface area contributed by atoms with E-state index >= 15 is 0 Å². The monoisotopic (exact) mass is 315 g/mol. The highest BCUT2D eigenvalue weighted by Crippen LogP contribution is 2.30. The smallest absolute Gasteiger partial charge is 0.319 e. The molecule has 1 amide bonds. The molecule has 1 aromatic carbocycles. The SMILES string of the molecule is COc1ccc(Br)cc1CC(C)(C(N)=O)C(=O)O. The van der Waals surface area contributed by atoms with Crippen molar-refractivity contribution in [3.05, 3.63) is 28.2 Å². The van der Waals surface area contributed by atoms with E-state index in [9.17, 15) is 9.59 Å². The largest absolute Gasteiger partial charge is 0.496 e. The number of primary amides is 1. The third-order valence-corrected chi connectivity index (χ3v) is 3.30. The van der Waals surface area contributed by atoms with Crippen molar-refractivity contribution in [2.75, 3.05) is 7.11 Å². The van der Waals surface area contributed by atoms with Crippen molar-refractivity contribution in [2.24, 2.45) is 11.1 Å². The molecule has 5 nitrogen and oxygen atoms in total. The summed E-state index contributed by atoms with van der Waals surface area (Å²) < 4.78 is 5.91. The zero-order valence-electron chi connectivity index (χ0n) is 10.1. The summed E-state index contributed by atoms with van der Waals surface area (Å²) in [7, 11) is 1.48. The lowest BCUT2D eigenvalue weighted by Crippen LogP contribution is -2.43. The molecule has 98 valence electrons. The number of methoxy groups -OCH3 is 1. The molecule has 0 spiro atoms. The number of carbonyl (C=O) groups excluding carboxylic acids is 1. The van der Waals surface area contributed by atoms with E-state index in [4.69, 9.17) is 15.6 Å². The first-order chi connectivity index (χ1) is 8.31. The summed E-state index contributed by atoms with van der Waals surface area (Å²) in [5, 5.41) is 9.14. The van der Waals surface area contributed by atoms with Gasteiger partial charge in [0.2, 0.25) is 5.91 Å². The summed E-state index contributed by atoms with van der Waals surface area (Å²) in [6.07, 6.45) is -0.0275. The molecule has 6 heteroatoms. The molecule has 1 aromatic rings. The predicted octanol–water partition coefficient (Wildman–Crippen LogP) is 1.58. The first-order valence-corrected chi connectivity index (χ1v) is 5.96. The van der Waals surface area contributed by atoms with Gasteiger partial charge in [0, 0.05) is 10.9 Å². The van der Waals surface area contributed by atoms with Crippen LogP contribution in [0.4, 0.5) is 0 Å².